The van der Waals surface area contributed by atoms with Gasteiger partial charge in [-0.25, -0.2) is 4.98 Å². The van der Waals surface area contributed by atoms with Crippen LogP contribution in [0.15, 0.2) is 66.2 Å². The highest BCUT2D eigenvalue weighted by Gasteiger charge is 2.48. The van der Waals surface area contributed by atoms with E-state index < -0.39 is 17.7 Å². The van der Waals surface area contributed by atoms with Gasteiger partial charge in [0.05, 0.1) is 36.4 Å². The number of hydrogen-bond acceptors (Lipinski definition) is 7. The molecule has 1 atom stereocenters. The number of nitrogens with zero attached hydrogens (tertiary/aromatic N) is 3. The molecule has 2 aliphatic heterocycles. The Morgan fingerprint density at radius 1 is 1.10 bits per heavy atom. The molecule has 1 amide bonds. The number of aryl methyl sites for hydroxylation is 1. The second kappa shape index (κ2) is 9.50. The second-order valence-corrected chi connectivity index (χ2v) is 9.87. The summed E-state index contributed by atoms with van der Waals surface area (Å²) in [5.41, 5.74) is 4.32. The maximum atomic E-state index is 13.6. The number of H-pyrrole nitrogens is 1. The third kappa shape index (κ3) is 4.16. The van der Waals surface area contributed by atoms with Gasteiger partial charge in [-0.05, 0) is 66.4 Å². The van der Waals surface area contributed by atoms with Crippen molar-refractivity contribution in [2.75, 3.05) is 37.6 Å². The van der Waals surface area contributed by atoms with E-state index in [-0.39, 0.29) is 17.3 Å². The largest absolute Gasteiger partial charge is 0.507 e. The number of rotatable bonds is 5. The molecular weight excluding hydrogens is 496 g/mol. The molecule has 198 valence electrons. The average Bonchev–Trinajstić information content (AvgIpc) is 3.49. The molecule has 0 bridgehead atoms. The SMILES string of the molecule is COc1ccc2nc(N3C(=O)C(=O)/C(=C(/O)c4ccc5c(c4)CCCO5)C3c3ccc(N(C)C)cc3)[nH]c2c1. The van der Waals surface area contributed by atoms with Gasteiger partial charge in [-0.1, -0.05) is 12.1 Å². The van der Waals surface area contributed by atoms with Crippen molar-refractivity contribution in [3.8, 4) is 11.5 Å². The molecule has 1 saturated heterocycles. The number of carbonyl (C=O) groups excluding carboxylic acids is 2. The van der Waals surface area contributed by atoms with Crippen molar-refractivity contribution in [2.45, 2.75) is 18.9 Å². The van der Waals surface area contributed by atoms with E-state index in [2.05, 4.69) is 9.97 Å². The minimum atomic E-state index is -0.893. The molecule has 1 unspecified atom stereocenters. The number of aromatic nitrogens is 2. The lowest BCUT2D eigenvalue weighted by molar-refractivity contribution is -0.132. The molecule has 0 spiro atoms. The van der Waals surface area contributed by atoms with Crippen LogP contribution < -0.4 is 19.3 Å². The summed E-state index contributed by atoms with van der Waals surface area (Å²) >= 11 is 0. The van der Waals surface area contributed by atoms with Crippen molar-refractivity contribution in [3.05, 3.63) is 82.9 Å². The van der Waals surface area contributed by atoms with Gasteiger partial charge in [-0.3, -0.25) is 14.5 Å². The van der Waals surface area contributed by atoms with Crippen molar-refractivity contribution in [1.29, 1.82) is 0 Å². The lowest BCUT2D eigenvalue weighted by Gasteiger charge is -2.24. The molecule has 9 heteroatoms. The summed E-state index contributed by atoms with van der Waals surface area (Å²) < 4.78 is 11.0. The van der Waals surface area contributed by atoms with Crippen molar-refractivity contribution in [3.63, 3.8) is 0 Å². The fraction of sp³-hybridized carbons (Fsp3) is 0.233. The molecule has 9 nitrogen and oxygen atoms in total. The summed E-state index contributed by atoms with van der Waals surface area (Å²) in [6.07, 6.45) is 1.68. The number of nitrogens with one attached hydrogen (secondary N) is 1. The van der Waals surface area contributed by atoms with Crippen LogP contribution in [0.2, 0.25) is 0 Å². The van der Waals surface area contributed by atoms with E-state index in [4.69, 9.17) is 9.47 Å². The summed E-state index contributed by atoms with van der Waals surface area (Å²) in [5.74, 6) is -0.172. The minimum Gasteiger partial charge on any atom is -0.507 e. The molecule has 39 heavy (non-hydrogen) atoms. The molecule has 3 heterocycles. The maximum absolute atomic E-state index is 13.6. The Morgan fingerprint density at radius 2 is 1.90 bits per heavy atom. The Balaban J connectivity index is 1.52. The van der Waals surface area contributed by atoms with Gasteiger partial charge in [0.15, 0.2) is 0 Å². The predicted molar refractivity (Wildman–Crippen MR) is 148 cm³/mol. The lowest BCUT2D eigenvalue weighted by atomic mass is 9.94. The Labute approximate surface area is 225 Å². The average molecular weight is 525 g/mol. The molecular formula is C30H28N4O5. The molecule has 1 fully saturated rings. The Morgan fingerprint density at radius 3 is 2.64 bits per heavy atom. The van der Waals surface area contributed by atoms with Gasteiger partial charge < -0.3 is 24.5 Å². The van der Waals surface area contributed by atoms with Crippen LogP contribution in [-0.4, -0.2) is 54.6 Å². The number of aliphatic hydroxyl groups is 1. The van der Waals surface area contributed by atoms with Crippen molar-refractivity contribution in [1.82, 2.24) is 9.97 Å². The first-order valence-corrected chi connectivity index (χ1v) is 12.7. The number of amides is 1. The number of ether oxygens (including phenoxy) is 2. The molecule has 2 N–H and O–H groups in total. The molecule has 0 radical (unpaired) electrons. The molecule has 1 aromatic heterocycles. The monoisotopic (exact) mass is 524 g/mol. The summed E-state index contributed by atoms with van der Waals surface area (Å²) in [6.45, 7) is 0.649. The third-order valence-electron chi connectivity index (χ3n) is 7.26. The van der Waals surface area contributed by atoms with Crippen LogP contribution >= 0.6 is 0 Å². The number of carbonyl (C=O) groups is 2. The number of aromatic amines is 1. The van der Waals surface area contributed by atoms with Crippen LogP contribution in [0.3, 0.4) is 0 Å². The summed E-state index contributed by atoms with van der Waals surface area (Å²) in [4.78, 5) is 38.2. The summed E-state index contributed by atoms with van der Waals surface area (Å²) in [5, 5.41) is 11.5. The van der Waals surface area contributed by atoms with Gasteiger partial charge in [0.2, 0.25) is 5.95 Å². The van der Waals surface area contributed by atoms with Crippen LogP contribution in [0.25, 0.3) is 16.8 Å². The van der Waals surface area contributed by atoms with Crippen LogP contribution in [0, 0.1) is 0 Å². The standard InChI is InChI=1S/C30H28N4O5/c1-33(2)20-9-6-17(7-10-20)26-25(27(35)19-8-13-24-18(15-19)5-4-14-39-24)28(36)29(37)34(26)30-31-22-12-11-21(38-3)16-23(22)32-30/h6-13,15-16,26,35H,4-5,14H2,1-3H3,(H,31,32)/b27-25+. The highest BCUT2D eigenvalue weighted by Crippen LogP contribution is 2.42. The lowest BCUT2D eigenvalue weighted by Crippen LogP contribution is -2.30. The van der Waals surface area contributed by atoms with Gasteiger partial charge in [-0.2, -0.15) is 0 Å². The second-order valence-electron chi connectivity index (χ2n) is 9.87. The van der Waals surface area contributed by atoms with E-state index in [1.165, 1.54) is 4.90 Å². The third-order valence-corrected chi connectivity index (χ3v) is 7.26. The summed E-state index contributed by atoms with van der Waals surface area (Å²) in [7, 11) is 5.44. The normalized spacial score (nSPS) is 18.2. The van der Waals surface area contributed by atoms with E-state index in [1.807, 2.05) is 49.3 Å². The zero-order chi connectivity index (χ0) is 27.3. The van der Waals surface area contributed by atoms with Gasteiger partial charge >= 0.3 is 5.91 Å². The van der Waals surface area contributed by atoms with Crippen LogP contribution in [0.4, 0.5) is 11.6 Å². The number of ketones is 1. The minimum absolute atomic E-state index is 0.00678. The topological polar surface area (TPSA) is 108 Å². The van der Waals surface area contributed by atoms with Crippen LogP contribution in [0.5, 0.6) is 11.5 Å². The Hall–Kier alpha value is -4.79. The fourth-order valence-corrected chi connectivity index (χ4v) is 5.20. The Kier molecular flexibility index (Phi) is 5.98. The van der Waals surface area contributed by atoms with Crippen molar-refractivity contribution >= 4 is 40.1 Å². The Bertz CT molecular complexity index is 1640. The number of fused-ring (bicyclic) bond motifs is 2. The highest BCUT2D eigenvalue weighted by molar-refractivity contribution is 6.51. The molecule has 3 aromatic carbocycles. The molecule has 6 rings (SSSR count). The number of methoxy groups -OCH3 is 1. The number of aliphatic hydroxyl groups excluding tert-OH is 1. The molecule has 0 saturated carbocycles. The van der Waals surface area contributed by atoms with Crippen molar-refractivity contribution in [2.24, 2.45) is 0 Å². The fourth-order valence-electron chi connectivity index (χ4n) is 5.20. The van der Waals surface area contributed by atoms with E-state index in [9.17, 15) is 14.7 Å². The van der Waals surface area contributed by atoms with Gasteiger partial charge in [0.1, 0.15) is 17.3 Å². The van der Waals surface area contributed by atoms with Gasteiger partial charge in [0.25, 0.3) is 5.78 Å². The number of benzene rings is 3. The zero-order valence-electron chi connectivity index (χ0n) is 21.9. The first-order chi connectivity index (χ1) is 18.9. The number of Topliss-reactive ketones (excluding diaryl/α,β-unsaturated/α-hetero) is 1. The van der Waals surface area contributed by atoms with Gasteiger partial charge in [-0.15, -0.1) is 0 Å². The smallest absolute Gasteiger partial charge is 0.302 e. The highest BCUT2D eigenvalue weighted by atomic mass is 16.5. The van der Waals surface area contributed by atoms with Gasteiger partial charge in [0, 0.05) is 31.4 Å². The molecule has 4 aromatic rings. The number of anilines is 2. The van der Waals surface area contributed by atoms with E-state index in [0.717, 1.165) is 29.8 Å². The zero-order valence-corrected chi connectivity index (χ0v) is 21.9. The quantitative estimate of drug-likeness (QED) is 0.223. The first-order valence-electron chi connectivity index (χ1n) is 12.7. The van der Waals surface area contributed by atoms with Crippen LogP contribution in [0.1, 0.15) is 29.2 Å². The van der Waals surface area contributed by atoms with E-state index in [1.54, 1.807) is 37.4 Å². The first kappa shape index (κ1) is 24.5. The number of imidazole rings is 1. The van der Waals surface area contributed by atoms with Crippen molar-refractivity contribution < 1.29 is 24.2 Å². The molecule has 2 aliphatic rings. The summed E-state index contributed by atoms with van der Waals surface area (Å²) in [6, 6.07) is 17.3. The van der Waals surface area contributed by atoms with E-state index >= 15 is 0 Å². The van der Waals surface area contributed by atoms with Crippen LogP contribution in [-0.2, 0) is 16.0 Å². The predicted octanol–water partition coefficient (Wildman–Crippen LogP) is 4.59. The van der Waals surface area contributed by atoms with E-state index in [0.29, 0.717) is 34.5 Å². The molecule has 0 aliphatic carbocycles. The number of hydrogen-bond donors (Lipinski definition) is 2. The maximum Gasteiger partial charge on any atom is 0.302 e.